The third-order valence-electron chi connectivity index (χ3n) is 1.87. The first-order valence-corrected chi connectivity index (χ1v) is 5.75. The molecule has 1 atom stereocenters. The lowest BCUT2D eigenvalue weighted by molar-refractivity contribution is 0.471. The molecule has 0 bridgehead atoms. The summed E-state index contributed by atoms with van der Waals surface area (Å²) in [6.07, 6.45) is 0. The van der Waals surface area contributed by atoms with Gasteiger partial charge in [-0.15, -0.1) is 5.10 Å². The van der Waals surface area contributed by atoms with Crippen LogP contribution in [0.4, 0.5) is 0 Å². The van der Waals surface area contributed by atoms with Crippen LogP contribution in [0.1, 0.15) is 26.5 Å². The van der Waals surface area contributed by atoms with E-state index in [0.29, 0.717) is 12.1 Å². The van der Waals surface area contributed by atoms with Crippen molar-refractivity contribution in [1.82, 2.24) is 20.2 Å². The summed E-state index contributed by atoms with van der Waals surface area (Å²) in [5.41, 5.74) is 1.02. The third kappa shape index (κ3) is 4.64. The molecule has 2 N–H and O–H groups in total. The Labute approximate surface area is 89.3 Å². The lowest BCUT2D eigenvalue weighted by Gasteiger charge is -2.15. The first kappa shape index (κ1) is 11.6. The molecular formula is C9H18N4S. The predicted molar refractivity (Wildman–Crippen MR) is 59.3 cm³/mol. The lowest BCUT2D eigenvalue weighted by Crippen LogP contribution is -2.38. The van der Waals surface area contributed by atoms with E-state index in [0.717, 1.165) is 18.8 Å². The van der Waals surface area contributed by atoms with Crippen molar-refractivity contribution < 1.29 is 0 Å². The average Bonchev–Trinajstić information content (AvgIpc) is 2.63. The summed E-state index contributed by atoms with van der Waals surface area (Å²) in [6.45, 7) is 8.25. The number of hydrogen-bond donors (Lipinski definition) is 2. The van der Waals surface area contributed by atoms with Crippen LogP contribution >= 0.6 is 11.5 Å². The minimum Gasteiger partial charge on any atom is -0.313 e. The molecule has 80 valence electrons. The molecule has 1 unspecified atom stereocenters. The minimum atomic E-state index is 0.458. The van der Waals surface area contributed by atoms with E-state index >= 15 is 0 Å². The summed E-state index contributed by atoms with van der Waals surface area (Å²) in [5.74, 6) is 0. The Hall–Kier alpha value is -0.520. The van der Waals surface area contributed by atoms with E-state index in [2.05, 4.69) is 41.0 Å². The number of rotatable bonds is 6. The van der Waals surface area contributed by atoms with Crippen LogP contribution in [0, 0.1) is 0 Å². The van der Waals surface area contributed by atoms with Crippen molar-refractivity contribution in [3.63, 3.8) is 0 Å². The van der Waals surface area contributed by atoms with Crippen LogP contribution in [0.3, 0.4) is 0 Å². The second kappa shape index (κ2) is 6.06. The Kier molecular flexibility index (Phi) is 5.00. The molecule has 0 aromatic carbocycles. The molecule has 1 rings (SSSR count). The van der Waals surface area contributed by atoms with E-state index in [1.54, 1.807) is 0 Å². The highest BCUT2D eigenvalue weighted by atomic mass is 32.1. The molecule has 14 heavy (non-hydrogen) atoms. The highest BCUT2D eigenvalue weighted by Gasteiger charge is 2.03. The monoisotopic (exact) mass is 214 g/mol. The smallest absolute Gasteiger partial charge is 0.0893 e. The van der Waals surface area contributed by atoms with Crippen molar-refractivity contribution >= 4 is 11.5 Å². The maximum absolute atomic E-state index is 3.97. The van der Waals surface area contributed by atoms with Crippen molar-refractivity contribution in [1.29, 1.82) is 0 Å². The minimum absolute atomic E-state index is 0.458. The van der Waals surface area contributed by atoms with Crippen LogP contribution < -0.4 is 10.6 Å². The van der Waals surface area contributed by atoms with Gasteiger partial charge >= 0.3 is 0 Å². The molecule has 0 radical (unpaired) electrons. The van der Waals surface area contributed by atoms with Gasteiger partial charge in [-0.2, -0.15) is 0 Å². The highest BCUT2D eigenvalue weighted by molar-refractivity contribution is 7.03. The van der Waals surface area contributed by atoms with Crippen molar-refractivity contribution in [3.05, 3.63) is 11.1 Å². The van der Waals surface area contributed by atoms with Crippen LogP contribution in [-0.2, 0) is 6.54 Å². The van der Waals surface area contributed by atoms with E-state index in [1.165, 1.54) is 11.5 Å². The first-order chi connectivity index (χ1) is 6.68. The summed E-state index contributed by atoms with van der Waals surface area (Å²) in [4.78, 5) is 0. The molecule has 0 aliphatic carbocycles. The lowest BCUT2D eigenvalue weighted by atomic mass is 10.3. The standard InChI is InChI=1S/C9H18N4S/c1-7(2)10-4-8(3)11-5-9-6-14-13-12-9/h6-8,10-11H,4-5H2,1-3H3. The van der Waals surface area contributed by atoms with Crippen LogP contribution in [0.5, 0.6) is 0 Å². The fourth-order valence-corrected chi connectivity index (χ4v) is 1.48. The maximum atomic E-state index is 3.97. The van der Waals surface area contributed by atoms with Gasteiger partial charge in [0.1, 0.15) is 0 Å². The zero-order chi connectivity index (χ0) is 10.4. The van der Waals surface area contributed by atoms with Crippen LogP contribution in [0.15, 0.2) is 5.38 Å². The fourth-order valence-electron chi connectivity index (χ4n) is 1.02. The van der Waals surface area contributed by atoms with Crippen LogP contribution in [-0.4, -0.2) is 28.2 Å². The van der Waals surface area contributed by atoms with Gasteiger partial charge in [-0.05, 0) is 18.5 Å². The van der Waals surface area contributed by atoms with Gasteiger partial charge in [0.2, 0.25) is 0 Å². The second-order valence-corrected chi connectivity index (χ2v) is 4.35. The predicted octanol–water partition coefficient (Wildman–Crippen LogP) is 1.01. The highest BCUT2D eigenvalue weighted by Crippen LogP contribution is 1.96. The van der Waals surface area contributed by atoms with E-state index < -0.39 is 0 Å². The first-order valence-electron chi connectivity index (χ1n) is 4.91. The van der Waals surface area contributed by atoms with Gasteiger partial charge in [0.05, 0.1) is 5.69 Å². The van der Waals surface area contributed by atoms with Crippen molar-refractivity contribution in [2.45, 2.75) is 39.4 Å². The van der Waals surface area contributed by atoms with Gasteiger partial charge in [0, 0.05) is 30.6 Å². The van der Waals surface area contributed by atoms with Gasteiger partial charge in [0.15, 0.2) is 0 Å². The van der Waals surface area contributed by atoms with E-state index in [4.69, 9.17) is 0 Å². The van der Waals surface area contributed by atoms with E-state index in [9.17, 15) is 0 Å². The fraction of sp³-hybridized carbons (Fsp3) is 0.778. The summed E-state index contributed by atoms with van der Waals surface area (Å²) in [6, 6.07) is 0.999. The summed E-state index contributed by atoms with van der Waals surface area (Å²) < 4.78 is 3.81. The molecule has 0 saturated heterocycles. The molecule has 0 saturated carbocycles. The molecular weight excluding hydrogens is 196 g/mol. The molecule has 0 spiro atoms. The Balaban J connectivity index is 2.12. The van der Waals surface area contributed by atoms with Gasteiger partial charge in [-0.1, -0.05) is 18.3 Å². The SMILES string of the molecule is CC(C)NCC(C)NCc1csnn1. The van der Waals surface area contributed by atoms with Crippen molar-refractivity contribution in [2.75, 3.05) is 6.54 Å². The van der Waals surface area contributed by atoms with Crippen LogP contribution in [0.25, 0.3) is 0 Å². The molecule has 0 fully saturated rings. The zero-order valence-corrected chi connectivity index (χ0v) is 9.77. The summed E-state index contributed by atoms with van der Waals surface area (Å²) in [5, 5.41) is 12.7. The molecule has 1 aromatic rings. The van der Waals surface area contributed by atoms with E-state index in [1.807, 2.05) is 5.38 Å². The molecule has 1 aromatic heterocycles. The van der Waals surface area contributed by atoms with Crippen molar-refractivity contribution in [3.8, 4) is 0 Å². The Bertz CT molecular complexity index is 235. The molecule has 4 nitrogen and oxygen atoms in total. The zero-order valence-electron chi connectivity index (χ0n) is 8.95. The molecule has 5 heteroatoms. The van der Waals surface area contributed by atoms with Crippen molar-refractivity contribution in [2.24, 2.45) is 0 Å². The quantitative estimate of drug-likeness (QED) is 0.742. The molecule has 0 amide bonds. The largest absolute Gasteiger partial charge is 0.313 e. The van der Waals surface area contributed by atoms with Gasteiger partial charge < -0.3 is 10.6 Å². The second-order valence-electron chi connectivity index (χ2n) is 3.74. The van der Waals surface area contributed by atoms with E-state index in [-0.39, 0.29) is 0 Å². The Morgan fingerprint density at radius 3 is 2.71 bits per heavy atom. The van der Waals surface area contributed by atoms with Gasteiger partial charge in [-0.3, -0.25) is 0 Å². The Morgan fingerprint density at radius 2 is 2.14 bits per heavy atom. The number of hydrogen-bond acceptors (Lipinski definition) is 5. The number of nitrogens with one attached hydrogen (secondary N) is 2. The number of aromatic nitrogens is 2. The van der Waals surface area contributed by atoms with Gasteiger partial charge in [-0.25, -0.2) is 0 Å². The number of nitrogens with zero attached hydrogens (tertiary/aromatic N) is 2. The summed E-state index contributed by atoms with van der Waals surface area (Å²) >= 11 is 1.39. The summed E-state index contributed by atoms with van der Waals surface area (Å²) in [7, 11) is 0. The topological polar surface area (TPSA) is 49.8 Å². The normalized spacial score (nSPS) is 13.4. The maximum Gasteiger partial charge on any atom is 0.0893 e. The third-order valence-corrected chi connectivity index (χ3v) is 2.42. The average molecular weight is 214 g/mol. The Morgan fingerprint density at radius 1 is 1.36 bits per heavy atom. The molecule has 0 aliphatic rings. The molecule has 1 heterocycles. The molecule has 0 aliphatic heterocycles. The van der Waals surface area contributed by atoms with Crippen LogP contribution in [0.2, 0.25) is 0 Å². The van der Waals surface area contributed by atoms with Gasteiger partial charge in [0.25, 0.3) is 0 Å².